The van der Waals surface area contributed by atoms with E-state index in [1.807, 2.05) is 45.9 Å². The number of rotatable bonds is 9. The van der Waals surface area contributed by atoms with Crippen molar-refractivity contribution in [3.8, 4) is 11.5 Å². The van der Waals surface area contributed by atoms with Crippen molar-refractivity contribution in [1.82, 2.24) is 5.32 Å². The highest BCUT2D eigenvalue weighted by molar-refractivity contribution is 5.76. The van der Waals surface area contributed by atoms with Crippen LogP contribution < -0.4 is 20.5 Å². The fourth-order valence-corrected chi connectivity index (χ4v) is 2.09. The first-order valence-electron chi connectivity index (χ1n) is 7.92. The van der Waals surface area contributed by atoms with E-state index in [4.69, 9.17) is 15.2 Å². The Balaban J connectivity index is 2.74. The molecule has 0 aliphatic heterocycles. The van der Waals surface area contributed by atoms with Gasteiger partial charge in [-0.3, -0.25) is 4.79 Å². The quantitative estimate of drug-likeness (QED) is 0.735. The minimum absolute atomic E-state index is 0.0108. The molecule has 1 amide bonds. The molecule has 0 fully saturated rings. The van der Waals surface area contributed by atoms with Gasteiger partial charge in [0.05, 0.1) is 19.3 Å². The lowest BCUT2D eigenvalue weighted by atomic mass is 10.1. The topological polar surface area (TPSA) is 73.6 Å². The number of nitrogens with two attached hydrogens (primary N) is 1. The van der Waals surface area contributed by atoms with Gasteiger partial charge in [0.2, 0.25) is 5.91 Å². The third kappa shape index (κ3) is 5.93. The van der Waals surface area contributed by atoms with Crippen LogP contribution in [0.25, 0.3) is 0 Å². The van der Waals surface area contributed by atoms with Gasteiger partial charge in [0.25, 0.3) is 0 Å². The van der Waals surface area contributed by atoms with E-state index in [2.05, 4.69) is 5.32 Å². The Labute approximate surface area is 133 Å². The molecule has 5 nitrogen and oxygen atoms in total. The second-order valence-corrected chi connectivity index (χ2v) is 5.38. The minimum Gasteiger partial charge on any atom is -0.490 e. The summed E-state index contributed by atoms with van der Waals surface area (Å²) in [6, 6.07) is 5.70. The highest BCUT2D eigenvalue weighted by Crippen LogP contribution is 2.30. The summed E-state index contributed by atoms with van der Waals surface area (Å²) in [6.45, 7) is 8.88. The summed E-state index contributed by atoms with van der Waals surface area (Å²) in [5, 5.41) is 2.98. The maximum atomic E-state index is 11.9. The van der Waals surface area contributed by atoms with Crippen molar-refractivity contribution >= 4 is 5.91 Å². The number of amides is 1. The molecule has 0 saturated heterocycles. The molecular formula is C17H28N2O3. The van der Waals surface area contributed by atoms with Crippen molar-refractivity contribution in [1.29, 1.82) is 0 Å². The summed E-state index contributed by atoms with van der Waals surface area (Å²) in [5.74, 6) is 1.44. The van der Waals surface area contributed by atoms with Gasteiger partial charge in [-0.15, -0.1) is 0 Å². The summed E-state index contributed by atoms with van der Waals surface area (Å²) < 4.78 is 11.2. The van der Waals surface area contributed by atoms with E-state index in [1.165, 1.54) is 0 Å². The van der Waals surface area contributed by atoms with Crippen LogP contribution in [0.2, 0.25) is 0 Å². The number of hydrogen-bond acceptors (Lipinski definition) is 4. The van der Waals surface area contributed by atoms with Crippen LogP contribution in [0.1, 0.15) is 52.1 Å². The highest BCUT2D eigenvalue weighted by Gasteiger charge is 2.13. The average Bonchev–Trinajstić information content (AvgIpc) is 2.47. The third-order valence-corrected chi connectivity index (χ3v) is 3.27. The molecular weight excluding hydrogens is 280 g/mol. The van der Waals surface area contributed by atoms with Crippen molar-refractivity contribution < 1.29 is 14.3 Å². The molecule has 124 valence electrons. The van der Waals surface area contributed by atoms with Crippen LogP contribution in [0.15, 0.2) is 18.2 Å². The molecule has 0 aromatic heterocycles. The van der Waals surface area contributed by atoms with Crippen LogP contribution in [-0.2, 0) is 4.79 Å². The second-order valence-electron chi connectivity index (χ2n) is 5.38. The largest absolute Gasteiger partial charge is 0.490 e. The van der Waals surface area contributed by atoms with Crippen LogP contribution in [0.3, 0.4) is 0 Å². The van der Waals surface area contributed by atoms with Crippen molar-refractivity contribution in [2.75, 3.05) is 13.2 Å². The molecule has 0 aliphatic carbocycles. The van der Waals surface area contributed by atoms with E-state index in [0.717, 1.165) is 11.3 Å². The van der Waals surface area contributed by atoms with Gasteiger partial charge in [-0.25, -0.2) is 0 Å². The minimum atomic E-state index is -0.0875. The molecule has 1 aromatic carbocycles. The van der Waals surface area contributed by atoms with Crippen molar-refractivity contribution in [3.05, 3.63) is 23.8 Å². The standard InChI is InChI=1S/C17H28N2O3/c1-5-21-15-9-8-14(11-16(15)22-6-2)13(4)19-17(20)10-7-12(3)18/h8-9,11-13H,5-7,10,18H2,1-4H3,(H,19,20). The summed E-state index contributed by atoms with van der Waals surface area (Å²) in [7, 11) is 0. The van der Waals surface area contributed by atoms with Crippen LogP contribution in [0, 0.1) is 0 Å². The zero-order valence-electron chi connectivity index (χ0n) is 14.0. The monoisotopic (exact) mass is 308 g/mol. The third-order valence-electron chi connectivity index (χ3n) is 3.27. The summed E-state index contributed by atoms with van der Waals surface area (Å²) in [4.78, 5) is 11.9. The SMILES string of the molecule is CCOc1ccc(C(C)NC(=O)CCC(C)N)cc1OCC. The predicted molar refractivity (Wildman–Crippen MR) is 88.2 cm³/mol. The Kier molecular flexibility index (Phi) is 7.74. The molecule has 0 saturated carbocycles. The van der Waals surface area contributed by atoms with Gasteiger partial charge < -0.3 is 20.5 Å². The fourth-order valence-electron chi connectivity index (χ4n) is 2.09. The molecule has 2 atom stereocenters. The van der Waals surface area contributed by atoms with Gasteiger partial charge in [-0.2, -0.15) is 0 Å². The second kappa shape index (κ2) is 9.30. The molecule has 0 aliphatic rings. The van der Waals surface area contributed by atoms with Crippen molar-refractivity contribution in [2.45, 2.75) is 52.6 Å². The Morgan fingerprint density at radius 3 is 2.41 bits per heavy atom. The van der Waals surface area contributed by atoms with Crippen LogP contribution in [0.4, 0.5) is 0 Å². The lowest BCUT2D eigenvalue weighted by Gasteiger charge is -2.18. The molecule has 0 radical (unpaired) electrons. The summed E-state index contributed by atoms with van der Waals surface area (Å²) in [6.07, 6.45) is 1.13. The number of carbonyl (C=O) groups excluding carboxylic acids is 1. The summed E-state index contributed by atoms with van der Waals surface area (Å²) in [5.41, 5.74) is 6.66. The molecule has 5 heteroatoms. The van der Waals surface area contributed by atoms with Crippen molar-refractivity contribution in [2.24, 2.45) is 5.73 Å². The zero-order chi connectivity index (χ0) is 16.5. The highest BCUT2D eigenvalue weighted by atomic mass is 16.5. The lowest BCUT2D eigenvalue weighted by molar-refractivity contribution is -0.121. The normalized spacial score (nSPS) is 13.3. The van der Waals surface area contributed by atoms with Crippen LogP contribution >= 0.6 is 0 Å². The van der Waals surface area contributed by atoms with Gasteiger partial charge >= 0.3 is 0 Å². The van der Waals surface area contributed by atoms with E-state index in [1.54, 1.807) is 0 Å². The Morgan fingerprint density at radius 2 is 1.82 bits per heavy atom. The first kappa shape index (κ1) is 18.3. The van der Waals surface area contributed by atoms with Gasteiger partial charge in [-0.1, -0.05) is 6.07 Å². The van der Waals surface area contributed by atoms with Gasteiger partial charge in [0, 0.05) is 12.5 Å². The van der Waals surface area contributed by atoms with E-state index in [9.17, 15) is 4.79 Å². The molecule has 1 rings (SSSR count). The van der Waals surface area contributed by atoms with E-state index in [-0.39, 0.29) is 18.0 Å². The molecule has 0 bridgehead atoms. The fraction of sp³-hybridized carbons (Fsp3) is 0.588. The van der Waals surface area contributed by atoms with Gasteiger partial charge in [0.15, 0.2) is 11.5 Å². The first-order chi connectivity index (χ1) is 10.5. The maximum Gasteiger partial charge on any atom is 0.220 e. The predicted octanol–water partition coefficient (Wildman–Crippen LogP) is 2.79. The Bertz CT molecular complexity index is 475. The summed E-state index contributed by atoms with van der Waals surface area (Å²) >= 11 is 0. The van der Waals surface area contributed by atoms with Gasteiger partial charge in [0.1, 0.15) is 0 Å². The Hall–Kier alpha value is -1.75. The van der Waals surface area contributed by atoms with Gasteiger partial charge in [-0.05, 0) is 51.8 Å². The van der Waals surface area contributed by atoms with Crippen LogP contribution in [0.5, 0.6) is 11.5 Å². The smallest absolute Gasteiger partial charge is 0.220 e. The number of ether oxygens (including phenoxy) is 2. The molecule has 1 aromatic rings. The zero-order valence-corrected chi connectivity index (χ0v) is 14.0. The molecule has 0 spiro atoms. The molecule has 3 N–H and O–H groups in total. The molecule has 0 heterocycles. The Morgan fingerprint density at radius 1 is 1.18 bits per heavy atom. The first-order valence-corrected chi connectivity index (χ1v) is 7.92. The average molecular weight is 308 g/mol. The van der Waals surface area contributed by atoms with E-state index in [0.29, 0.717) is 31.8 Å². The molecule has 22 heavy (non-hydrogen) atoms. The van der Waals surface area contributed by atoms with Crippen LogP contribution in [-0.4, -0.2) is 25.2 Å². The number of hydrogen-bond donors (Lipinski definition) is 2. The molecule has 2 unspecified atom stereocenters. The number of nitrogens with one attached hydrogen (secondary N) is 1. The van der Waals surface area contributed by atoms with E-state index >= 15 is 0 Å². The number of benzene rings is 1. The maximum absolute atomic E-state index is 11.9. The van der Waals surface area contributed by atoms with E-state index < -0.39 is 0 Å². The lowest BCUT2D eigenvalue weighted by Crippen LogP contribution is -2.28. The number of carbonyl (C=O) groups is 1. The van der Waals surface area contributed by atoms with Crippen molar-refractivity contribution in [3.63, 3.8) is 0 Å².